The smallest absolute Gasteiger partial charge is 0.261 e. The molecular formula is C21H21FN4O3. The molecule has 7 nitrogen and oxygen atoms in total. The third kappa shape index (κ3) is 4.59. The Hall–Kier alpha value is -3.29. The van der Waals surface area contributed by atoms with E-state index in [-0.39, 0.29) is 24.4 Å². The molecule has 1 atom stereocenters. The van der Waals surface area contributed by atoms with E-state index < -0.39 is 0 Å². The normalized spacial score (nSPS) is 17.0. The molecule has 3 heterocycles. The van der Waals surface area contributed by atoms with Crippen LogP contribution >= 0.6 is 0 Å². The van der Waals surface area contributed by atoms with Crippen LogP contribution in [0.3, 0.4) is 0 Å². The quantitative estimate of drug-likeness (QED) is 0.653. The van der Waals surface area contributed by atoms with Crippen LogP contribution < -0.4 is 4.74 Å². The van der Waals surface area contributed by atoms with Gasteiger partial charge in [0.05, 0.1) is 0 Å². The van der Waals surface area contributed by atoms with E-state index in [9.17, 15) is 9.18 Å². The Labute approximate surface area is 167 Å². The number of benzene rings is 1. The van der Waals surface area contributed by atoms with Crippen molar-refractivity contribution in [2.24, 2.45) is 0 Å². The van der Waals surface area contributed by atoms with Gasteiger partial charge in [-0.05, 0) is 49.2 Å². The summed E-state index contributed by atoms with van der Waals surface area (Å²) in [4.78, 5) is 23.2. The molecule has 1 aliphatic heterocycles. The van der Waals surface area contributed by atoms with Gasteiger partial charge in [-0.3, -0.25) is 9.78 Å². The molecule has 0 bridgehead atoms. The molecule has 0 aliphatic carbocycles. The zero-order valence-corrected chi connectivity index (χ0v) is 15.8. The van der Waals surface area contributed by atoms with Gasteiger partial charge in [-0.1, -0.05) is 18.0 Å². The molecule has 1 aliphatic rings. The number of nitrogens with zero attached hydrogens (tertiary/aromatic N) is 4. The highest BCUT2D eigenvalue weighted by atomic mass is 19.1. The highest BCUT2D eigenvalue weighted by Gasteiger charge is 2.31. The highest BCUT2D eigenvalue weighted by molar-refractivity contribution is 5.78. The predicted octanol–water partition coefficient (Wildman–Crippen LogP) is 3.79. The van der Waals surface area contributed by atoms with Crippen LogP contribution in [0.1, 0.15) is 37.6 Å². The van der Waals surface area contributed by atoms with Crippen molar-refractivity contribution in [1.82, 2.24) is 20.0 Å². The summed E-state index contributed by atoms with van der Waals surface area (Å²) in [5, 5.41) is 4.06. The molecule has 1 saturated heterocycles. The van der Waals surface area contributed by atoms with Crippen LogP contribution in [0.5, 0.6) is 5.75 Å². The van der Waals surface area contributed by atoms with Gasteiger partial charge in [0.1, 0.15) is 17.6 Å². The molecule has 150 valence electrons. The van der Waals surface area contributed by atoms with Gasteiger partial charge in [-0.25, -0.2) is 4.39 Å². The van der Waals surface area contributed by atoms with E-state index >= 15 is 0 Å². The lowest BCUT2D eigenvalue weighted by atomic mass is 10.1. The summed E-state index contributed by atoms with van der Waals surface area (Å²) in [5.41, 5.74) is 0.758. The third-order valence-corrected chi connectivity index (χ3v) is 4.90. The molecular weight excluding hydrogens is 375 g/mol. The van der Waals surface area contributed by atoms with Crippen molar-refractivity contribution in [3.63, 3.8) is 0 Å². The lowest BCUT2D eigenvalue weighted by Crippen LogP contribution is -2.38. The molecule has 29 heavy (non-hydrogen) atoms. The van der Waals surface area contributed by atoms with Crippen LogP contribution in [0.4, 0.5) is 4.39 Å². The van der Waals surface area contributed by atoms with Crippen LogP contribution in [0, 0.1) is 5.82 Å². The Morgan fingerprint density at radius 2 is 2.07 bits per heavy atom. The summed E-state index contributed by atoms with van der Waals surface area (Å²) in [7, 11) is 0. The second kappa shape index (κ2) is 8.81. The van der Waals surface area contributed by atoms with Crippen molar-refractivity contribution in [3.8, 4) is 17.1 Å². The number of ether oxygens (including phenoxy) is 1. The Morgan fingerprint density at radius 3 is 2.86 bits per heavy atom. The van der Waals surface area contributed by atoms with Gasteiger partial charge in [0, 0.05) is 24.5 Å². The average Bonchev–Trinajstić information content (AvgIpc) is 3.11. The number of likely N-dealkylation sites (tertiary alicyclic amines) is 1. The lowest BCUT2D eigenvalue weighted by molar-refractivity contribution is -0.136. The maximum atomic E-state index is 13.0. The van der Waals surface area contributed by atoms with E-state index in [1.165, 1.54) is 24.3 Å². The average molecular weight is 396 g/mol. The minimum absolute atomic E-state index is 0.133. The van der Waals surface area contributed by atoms with Crippen molar-refractivity contribution in [2.75, 3.05) is 13.2 Å². The van der Waals surface area contributed by atoms with E-state index in [0.717, 1.165) is 31.2 Å². The molecule has 8 heteroatoms. The molecule has 1 unspecified atom stereocenters. The van der Waals surface area contributed by atoms with Crippen molar-refractivity contribution in [3.05, 3.63) is 60.5 Å². The van der Waals surface area contributed by atoms with Crippen molar-refractivity contribution >= 4 is 5.91 Å². The largest absolute Gasteiger partial charge is 0.484 e. The van der Waals surface area contributed by atoms with E-state index in [2.05, 4.69) is 15.1 Å². The molecule has 0 spiro atoms. The number of aromatic nitrogens is 3. The number of pyridine rings is 1. The van der Waals surface area contributed by atoms with Crippen molar-refractivity contribution in [2.45, 2.75) is 31.7 Å². The minimum atomic E-state index is -0.350. The second-order valence-electron chi connectivity index (χ2n) is 6.89. The van der Waals surface area contributed by atoms with Gasteiger partial charge in [0.2, 0.25) is 11.7 Å². The van der Waals surface area contributed by atoms with E-state index in [1.54, 1.807) is 23.4 Å². The fourth-order valence-electron chi connectivity index (χ4n) is 3.41. The Bertz CT molecular complexity index is 946. The molecule has 3 aromatic rings. The summed E-state index contributed by atoms with van der Waals surface area (Å²) in [6.45, 7) is 0.465. The molecule has 1 amide bonds. The van der Waals surface area contributed by atoms with Crippen LogP contribution in [-0.2, 0) is 4.79 Å². The first-order chi connectivity index (χ1) is 14.2. The molecule has 1 fully saturated rings. The monoisotopic (exact) mass is 396 g/mol. The van der Waals surface area contributed by atoms with Crippen LogP contribution in [0.25, 0.3) is 11.4 Å². The first-order valence-electron chi connectivity index (χ1n) is 9.62. The number of hydrogen-bond acceptors (Lipinski definition) is 6. The van der Waals surface area contributed by atoms with Crippen molar-refractivity contribution < 1.29 is 18.4 Å². The zero-order valence-electron chi connectivity index (χ0n) is 15.8. The van der Waals surface area contributed by atoms with Crippen molar-refractivity contribution in [1.29, 1.82) is 0 Å². The van der Waals surface area contributed by atoms with E-state index in [4.69, 9.17) is 9.26 Å². The highest BCUT2D eigenvalue weighted by Crippen LogP contribution is 2.30. The molecule has 0 N–H and O–H groups in total. The molecule has 0 saturated carbocycles. The lowest BCUT2D eigenvalue weighted by Gasteiger charge is -2.27. The predicted molar refractivity (Wildman–Crippen MR) is 102 cm³/mol. The van der Waals surface area contributed by atoms with Gasteiger partial charge in [0.25, 0.3) is 5.91 Å². The summed E-state index contributed by atoms with van der Waals surface area (Å²) in [6.07, 6.45) is 7.00. The Morgan fingerprint density at radius 1 is 1.21 bits per heavy atom. The van der Waals surface area contributed by atoms with Gasteiger partial charge in [-0.2, -0.15) is 4.98 Å². The van der Waals surface area contributed by atoms with Gasteiger partial charge >= 0.3 is 0 Å². The van der Waals surface area contributed by atoms with Crippen LogP contribution in [0.15, 0.2) is 53.3 Å². The molecule has 4 rings (SSSR count). The minimum Gasteiger partial charge on any atom is -0.484 e. The van der Waals surface area contributed by atoms with Crippen LogP contribution in [0.2, 0.25) is 0 Å². The molecule has 2 aromatic heterocycles. The maximum Gasteiger partial charge on any atom is 0.261 e. The first-order valence-corrected chi connectivity index (χ1v) is 9.62. The number of carbonyl (C=O) groups excluding carboxylic acids is 1. The standard InChI is InChI=1S/C21H21FN4O3/c22-16-7-9-17(10-8-16)28-14-19(27)26-12-3-1-2-6-18(26)21-24-20(25-29-21)15-5-4-11-23-13-15/h4-5,7-11,13,18H,1-3,6,12,14H2. The second-order valence-corrected chi connectivity index (χ2v) is 6.89. The summed E-state index contributed by atoms with van der Waals surface area (Å²) < 4.78 is 24.1. The number of halogens is 1. The van der Waals surface area contributed by atoms with Gasteiger partial charge < -0.3 is 14.2 Å². The fraction of sp³-hybridized carbons (Fsp3) is 0.333. The van der Waals surface area contributed by atoms with E-state index in [1.807, 2.05) is 6.07 Å². The maximum absolute atomic E-state index is 13.0. The fourth-order valence-corrected chi connectivity index (χ4v) is 3.41. The molecule has 0 radical (unpaired) electrons. The van der Waals surface area contributed by atoms with Crippen LogP contribution in [-0.4, -0.2) is 39.1 Å². The number of carbonyl (C=O) groups is 1. The summed E-state index contributed by atoms with van der Waals surface area (Å²) >= 11 is 0. The van der Waals surface area contributed by atoms with E-state index in [0.29, 0.717) is 24.0 Å². The Kier molecular flexibility index (Phi) is 5.79. The number of amides is 1. The molecule has 1 aromatic carbocycles. The number of hydrogen-bond donors (Lipinski definition) is 0. The first kappa shape index (κ1) is 19.0. The zero-order chi connectivity index (χ0) is 20.1. The Balaban J connectivity index is 1.49. The summed E-state index contributed by atoms with van der Waals surface area (Å²) in [6, 6.07) is 8.97. The topological polar surface area (TPSA) is 81.4 Å². The number of rotatable bonds is 5. The summed E-state index contributed by atoms with van der Waals surface area (Å²) in [5.74, 6) is 0.801. The van der Waals surface area contributed by atoms with Gasteiger partial charge in [-0.15, -0.1) is 0 Å². The SMILES string of the molecule is O=C(COc1ccc(F)cc1)N1CCCCCC1c1nc(-c2cccnc2)no1. The third-order valence-electron chi connectivity index (χ3n) is 4.90. The van der Waals surface area contributed by atoms with Gasteiger partial charge in [0.15, 0.2) is 6.61 Å².